The van der Waals surface area contributed by atoms with Crippen molar-refractivity contribution in [3.63, 3.8) is 0 Å². The molecule has 1 N–H and O–H groups in total. The van der Waals surface area contributed by atoms with Crippen LogP contribution in [0.2, 0.25) is 0 Å². The smallest absolute Gasteiger partial charge is 0.102 e. The Kier molecular flexibility index (Phi) is 5.54. The minimum Gasteiger partial charge on any atom is -0.390 e. The van der Waals surface area contributed by atoms with E-state index in [2.05, 4.69) is 46.8 Å². The first-order valence-corrected chi connectivity index (χ1v) is 8.79. The van der Waals surface area contributed by atoms with E-state index in [0.717, 1.165) is 25.2 Å². The van der Waals surface area contributed by atoms with E-state index in [1.54, 1.807) is 0 Å². The Hall–Kier alpha value is -0.340. The number of hydrogen-bond donors (Lipinski definition) is 1. The van der Waals surface area contributed by atoms with Crippen LogP contribution in [0.1, 0.15) is 66.7 Å². The predicted octanol–water partition coefficient (Wildman–Crippen LogP) is 4.57. The van der Waals surface area contributed by atoms with Crippen LogP contribution in [0.4, 0.5) is 0 Å². The summed E-state index contributed by atoms with van der Waals surface area (Å²) in [5, 5.41) is 10.3. The van der Waals surface area contributed by atoms with Gasteiger partial charge in [-0.3, -0.25) is 0 Å². The molecule has 0 radical (unpaired) electrons. The average Bonchev–Trinajstić information content (AvgIpc) is 2.40. The largest absolute Gasteiger partial charge is 0.390 e. The van der Waals surface area contributed by atoms with Gasteiger partial charge < -0.3 is 9.84 Å². The summed E-state index contributed by atoms with van der Waals surface area (Å²) in [6, 6.07) is 0. The van der Waals surface area contributed by atoms with Gasteiger partial charge in [0.25, 0.3) is 0 Å². The first-order chi connectivity index (χ1) is 9.77. The molecule has 3 unspecified atom stereocenters. The standard InChI is InChI=1S/C19H34O2/c1-13(2)14-6-11-18(17(20)12-14)21-16-9-7-15(8-10-16)19(3,4)5/h6,11,13-18,20H,7-10,12H2,1-5H3. The van der Waals surface area contributed by atoms with Crippen LogP contribution in [0.25, 0.3) is 0 Å². The summed E-state index contributed by atoms with van der Waals surface area (Å²) < 4.78 is 6.20. The molecule has 0 heterocycles. The first-order valence-electron chi connectivity index (χ1n) is 8.79. The molecular weight excluding hydrogens is 260 g/mol. The van der Waals surface area contributed by atoms with Gasteiger partial charge in [0, 0.05) is 0 Å². The lowest BCUT2D eigenvalue weighted by Gasteiger charge is -2.39. The number of ether oxygens (including phenoxy) is 1. The second-order valence-corrected chi connectivity index (χ2v) is 8.54. The average molecular weight is 294 g/mol. The lowest BCUT2D eigenvalue weighted by atomic mass is 9.72. The van der Waals surface area contributed by atoms with Gasteiger partial charge in [0.05, 0.1) is 12.2 Å². The molecule has 3 atom stereocenters. The highest BCUT2D eigenvalue weighted by Gasteiger charge is 2.33. The Labute approximate surface area is 131 Å². The fraction of sp³-hybridized carbons (Fsp3) is 0.895. The van der Waals surface area contributed by atoms with E-state index in [1.807, 2.05) is 0 Å². The van der Waals surface area contributed by atoms with Gasteiger partial charge in [-0.2, -0.15) is 0 Å². The minimum atomic E-state index is -0.331. The van der Waals surface area contributed by atoms with Crippen LogP contribution in [-0.4, -0.2) is 23.4 Å². The molecule has 0 saturated heterocycles. The van der Waals surface area contributed by atoms with Crippen LogP contribution >= 0.6 is 0 Å². The molecule has 0 aromatic carbocycles. The molecule has 122 valence electrons. The third kappa shape index (κ3) is 4.56. The van der Waals surface area contributed by atoms with E-state index in [0.29, 0.717) is 23.4 Å². The lowest BCUT2D eigenvalue weighted by molar-refractivity contribution is -0.0821. The highest BCUT2D eigenvalue weighted by atomic mass is 16.5. The van der Waals surface area contributed by atoms with Crippen molar-refractivity contribution in [3.05, 3.63) is 12.2 Å². The summed E-state index contributed by atoms with van der Waals surface area (Å²) in [7, 11) is 0. The summed E-state index contributed by atoms with van der Waals surface area (Å²) in [6.45, 7) is 11.5. The van der Waals surface area contributed by atoms with Crippen LogP contribution in [0.5, 0.6) is 0 Å². The van der Waals surface area contributed by atoms with Gasteiger partial charge in [-0.15, -0.1) is 0 Å². The zero-order chi connectivity index (χ0) is 15.6. The summed E-state index contributed by atoms with van der Waals surface area (Å²) in [6.07, 6.45) is 9.93. The molecule has 0 bridgehead atoms. The lowest BCUT2D eigenvalue weighted by Crippen LogP contribution is -2.38. The molecule has 2 heteroatoms. The van der Waals surface area contributed by atoms with Gasteiger partial charge in [-0.1, -0.05) is 46.8 Å². The molecule has 2 nitrogen and oxygen atoms in total. The van der Waals surface area contributed by atoms with Crippen molar-refractivity contribution < 1.29 is 9.84 Å². The summed E-state index contributed by atoms with van der Waals surface area (Å²) in [5.74, 6) is 1.91. The summed E-state index contributed by atoms with van der Waals surface area (Å²) in [4.78, 5) is 0. The molecule has 2 aliphatic carbocycles. The Morgan fingerprint density at radius 1 is 1.05 bits per heavy atom. The normalized spacial score (nSPS) is 38.0. The molecule has 0 aromatic rings. The third-order valence-electron chi connectivity index (χ3n) is 5.55. The molecule has 2 rings (SSSR count). The molecule has 21 heavy (non-hydrogen) atoms. The maximum absolute atomic E-state index is 10.3. The van der Waals surface area contributed by atoms with Gasteiger partial charge in [0.2, 0.25) is 0 Å². The number of aliphatic hydroxyl groups is 1. The molecule has 1 fully saturated rings. The van der Waals surface area contributed by atoms with Gasteiger partial charge in [-0.25, -0.2) is 0 Å². The molecule has 0 spiro atoms. The van der Waals surface area contributed by atoms with Crippen LogP contribution in [0.3, 0.4) is 0 Å². The SMILES string of the molecule is CC(C)C1C=CC(OC2CCC(C(C)(C)C)CC2)C(O)C1. The minimum absolute atomic E-state index is 0.0869. The van der Waals surface area contributed by atoms with Crippen molar-refractivity contribution in [2.45, 2.75) is 85.0 Å². The first kappa shape index (κ1) is 17.0. The Balaban J connectivity index is 1.83. The van der Waals surface area contributed by atoms with Crippen LogP contribution in [0, 0.1) is 23.2 Å². The van der Waals surface area contributed by atoms with E-state index >= 15 is 0 Å². The van der Waals surface area contributed by atoms with Crippen LogP contribution in [0.15, 0.2) is 12.2 Å². The molecule has 0 aromatic heterocycles. The van der Waals surface area contributed by atoms with Gasteiger partial charge in [0.15, 0.2) is 0 Å². The Morgan fingerprint density at radius 3 is 2.14 bits per heavy atom. The highest BCUT2D eigenvalue weighted by Crippen LogP contribution is 2.39. The molecule has 2 aliphatic rings. The van der Waals surface area contributed by atoms with E-state index in [9.17, 15) is 5.11 Å². The van der Waals surface area contributed by atoms with Gasteiger partial charge in [0.1, 0.15) is 6.10 Å². The van der Waals surface area contributed by atoms with Crippen molar-refractivity contribution in [3.8, 4) is 0 Å². The molecule has 1 saturated carbocycles. The number of aliphatic hydroxyl groups excluding tert-OH is 1. The quantitative estimate of drug-likeness (QED) is 0.773. The van der Waals surface area contributed by atoms with Gasteiger partial charge in [-0.05, 0) is 55.3 Å². The number of hydrogen-bond acceptors (Lipinski definition) is 2. The van der Waals surface area contributed by atoms with Crippen molar-refractivity contribution in [1.29, 1.82) is 0 Å². The van der Waals surface area contributed by atoms with E-state index in [-0.39, 0.29) is 12.2 Å². The van der Waals surface area contributed by atoms with Crippen molar-refractivity contribution in [2.24, 2.45) is 23.2 Å². The monoisotopic (exact) mass is 294 g/mol. The number of rotatable bonds is 3. The van der Waals surface area contributed by atoms with E-state index in [4.69, 9.17) is 4.74 Å². The van der Waals surface area contributed by atoms with Crippen molar-refractivity contribution >= 4 is 0 Å². The highest BCUT2D eigenvalue weighted by molar-refractivity contribution is 5.04. The maximum Gasteiger partial charge on any atom is 0.102 e. The maximum atomic E-state index is 10.3. The van der Waals surface area contributed by atoms with Crippen molar-refractivity contribution in [2.75, 3.05) is 0 Å². The molecule has 0 amide bonds. The van der Waals surface area contributed by atoms with Crippen LogP contribution < -0.4 is 0 Å². The van der Waals surface area contributed by atoms with E-state index in [1.165, 1.54) is 12.8 Å². The topological polar surface area (TPSA) is 29.5 Å². The summed E-state index contributed by atoms with van der Waals surface area (Å²) >= 11 is 0. The predicted molar refractivity (Wildman–Crippen MR) is 88.2 cm³/mol. The third-order valence-corrected chi connectivity index (χ3v) is 5.55. The van der Waals surface area contributed by atoms with Crippen molar-refractivity contribution in [1.82, 2.24) is 0 Å². The molecule has 0 aliphatic heterocycles. The fourth-order valence-corrected chi connectivity index (χ4v) is 3.79. The van der Waals surface area contributed by atoms with Gasteiger partial charge >= 0.3 is 0 Å². The zero-order valence-electron chi connectivity index (χ0n) is 14.5. The van der Waals surface area contributed by atoms with Crippen LogP contribution in [-0.2, 0) is 4.74 Å². The number of allylic oxidation sites excluding steroid dienone is 1. The molecular formula is C19H34O2. The second kappa shape index (κ2) is 6.83. The Morgan fingerprint density at radius 2 is 1.67 bits per heavy atom. The summed E-state index contributed by atoms with van der Waals surface area (Å²) in [5.41, 5.74) is 0.416. The fourth-order valence-electron chi connectivity index (χ4n) is 3.79. The second-order valence-electron chi connectivity index (χ2n) is 8.54. The Bertz CT molecular complexity index is 345. The van der Waals surface area contributed by atoms with E-state index < -0.39 is 0 Å². The zero-order valence-corrected chi connectivity index (χ0v) is 14.5.